The van der Waals surface area contributed by atoms with E-state index < -0.39 is 97.5 Å². The molecule has 0 fully saturated rings. The summed E-state index contributed by atoms with van der Waals surface area (Å²) in [6, 6.07) is 0. The van der Waals surface area contributed by atoms with Crippen LogP contribution in [0.4, 0.5) is 0 Å². The molecule has 0 radical (unpaired) electrons. The van der Waals surface area contributed by atoms with Gasteiger partial charge in [0.1, 0.15) is 19.3 Å². The quantitative estimate of drug-likeness (QED) is 0.0169. The smallest absolute Gasteiger partial charge is 0.462 e. The van der Waals surface area contributed by atoms with Gasteiger partial charge in [0.25, 0.3) is 0 Å². The summed E-state index contributed by atoms with van der Waals surface area (Å²) in [5.74, 6) is -2.31. The molecule has 0 rings (SSSR count). The van der Waals surface area contributed by atoms with E-state index in [1.807, 2.05) is 18.2 Å². The Morgan fingerprint density at radius 3 is 0.856 bits per heavy atom. The van der Waals surface area contributed by atoms with Gasteiger partial charge in [-0.3, -0.25) is 37.3 Å². The number of rotatable bonds is 75. The number of aliphatic hydroxyl groups excluding tert-OH is 1. The van der Waals surface area contributed by atoms with Gasteiger partial charge in [0.05, 0.1) is 26.4 Å². The van der Waals surface area contributed by atoms with Crippen LogP contribution in [-0.4, -0.2) is 96.7 Å². The van der Waals surface area contributed by atoms with Crippen LogP contribution in [0.3, 0.4) is 0 Å². The Hall–Kier alpha value is -4.80. The predicted molar refractivity (Wildman–Crippen MR) is 427 cm³/mol. The Balaban J connectivity index is 5.45. The fourth-order valence-corrected chi connectivity index (χ4v) is 12.0. The van der Waals surface area contributed by atoms with E-state index in [1.54, 1.807) is 0 Å². The van der Waals surface area contributed by atoms with Crippen molar-refractivity contribution < 1.29 is 80.2 Å². The highest BCUT2D eigenvalue weighted by atomic mass is 31.2. The lowest BCUT2D eigenvalue weighted by Crippen LogP contribution is -2.30. The van der Waals surface area contributed by atoms with Crippen LogP contribution in [0.2, 0.25) is 0 Å². The zero-order valence-electron chi connectivity index (χ0n) is 65.2. The molecular weight excluding hydrogens is 1350 g/mol. The van der Waals surface area contributed by atoms with Crippen molar-refractivity contribution in [2.24, 2.45) is 0 Å². The van der Waals surface area contributed by atoms with Gasteiger partial charge < -0.3 is 33.8 Å². The Morgan fingerprint density at radius 1 is 0.279 bits per heavy atom. The number of allylic oxidation sites excluding steroid dienone is 22. The van der Waals surface area contributed by atoms with E-state index in [0.29, 0.717) is 32.1 Å². The lowest BCUT2D eigenvalue weighted by atomic mass is 10.1. The molecule has 0 aliphatic rings. The standard InChI is InChI=1S/C85H144O17P2/c1-5-9-13-17-21-25-29-33-37-38-39-40-44-46-50-54-58-62-66-70-83(88)96-76-81(102-85(90)72-68-64-60-56-52-48-43-36-32-28-24-20-16-12-8-4)78-100-104(93,94)98-74-79(86)73-97-103(91,92)99-77-80(101-84(89)71-67-63-59-55-51-47-42-35-31-27-23-19-15-11-7-3)75-95-82(87)69-65-61-57-53-49-45-41-34-30-26-22-18-14-10-6-2/h9,13,21-23,25-27,33-37,39-43,46,50,58,62,79-81,86H,5-8,10-12,14-20,24,28-32,38,44-45,47-49,51-57,59-61,63-78H2,1-4H3,(H,91,92)(H,93,94)/b13-9-,25-21-,26-22-,27-23-,37-33-,40-39-,41-34-,42-35-,43-36-,50-46-,62-58-. The van der Waals surface area contributed by atoms with Gasteiger partial charge >= 0.3 is 39.5 Å². The van der Waals surface area contributed by atoms with Gasteiger partial charge in [-0.25, -0.2) is 9.13 Å². The van der Waals surface area contributed by atoms with Gasteiger partial charge in [-0.1, -0.05) is 277 Å². The summed E-state index contributed by atoms with van der Waals surface area (Å²) in [4.78, 5) is 73.0. The van der Waals surface area contributed by atoms with Gasteiger partial charge in [0, 0.05) is 25.7 Å². The van der Waals surface area contributed by atoms with Gasteiger partial charge in [-0.2, -0.15) is 0 Å². The second-order valence-electron chi connectivity index (χ2n) is 26.6. The summed E-state index contributed by atoms with van der Waals surface area (Å²) in [7, 11) is -9.99. The third kappa shape index (κ3) is 75.4. The number of phosphoric acid groups is 2. The first-order chi connectivity index (χ1) is 50.7. The number of hydrogen-bond donors (Lipinski definition) is 3. The zero-order chi connectivity index (χ0) is 76.0. The van der Waals surface area contributed by atoms with Crippen molar-refractivity contribution in [2.45, 2.75) is 341 Å². The third-order valence-corrected chi connectivity index (χ3v) is 18.5. The van der Waals surface area contributed by atoms with Crippen LogP contribution >= 0.6 is 15.6 Å². The molecule has 17 nitrogen and oxygen atoms in total. The number of esters is 4. The summed E-state index contributed by atoms with van der Waals surface area (Å²) in [6.45, 7) is 4.59. The van der Waals surface area contributed by atoms with Crippen molar-refractivity contribution in [3.63, 3.8) is 0 Å². The summed E-state index contributed by atoms with van der Waals surface area (Å²) >= 11 is 0. The summed E-state index contributed by atoms with van der Waals surface area (Å²) in [6.07, 6.45) is 85.8. The molecule has 3 N–H and O–H groups in total. The minimum absolute atomic E-state index is 0.0318. The van der Waals surface area contributed by atoms with E-state index in [1.165, 1.54) is 77.0 Å². The molecule has 0 saturated carbocycles. The van der Waals surface area contributed by atoms with E-state index in [4.69, 9.17) is 37.0 Å². The van der Waals surface area contributed by atoms with E-state index in [9.17, 15) is 43.2 Å². The van der Waals surface area contributed by atoms with Crippen LogP contribution < -0.4 is 0 Å². The lowest BCUT2D eigenvalue weighted by molar-refractivity contribution is -0.161. The SMILES string of the molecule is CC/C=C\C/C=C\C/C=C\C/C=C\C/C=C\C/C=C\CCC(=O)OCC(COP(=O)(O)OCC(O)COP(=O)(O)OCC(COC(=O)CCCCCCC/C=C\C/C=C\CCCCC)OC(=O)CCCCCCC/C=C\C/C=C\CCCCC)OC(=O)CCCCCCC/C=C\CCCCCCCC. The number of carbonyl (C=O) groups is 4. The van der Waals surface area contributed by atoms with Crippen molar-refractivity contribution in [3.05, 3.63) is 134 Å². The molecule has 0 aliphatic heterocycles. The Kier molecular flexibility index (Phi) is 72.9. The van der Waals surface area contributed by atoms with E-state index in [-0.39, 0.29) is 25.7 Å². The second-order valence-corrected chi connectivity index (χ2v) is 29.5. The molecule has 0 saturated heterocycles. The molecule has 0 amide bonds. The number of ether oxygens (including phenoxy) is 4. The molecule has 0 aliphatic carbocycles. The number of phosphoric ester groups is 2. The highest BCUT2D eigenvalue weighted by Gasteiger charge is 2.30. The average Bonchev–Trinajstić information content (AvgIpc) is 0.918. The van der Waals surface area contributed by atoms with E-state index in [0.717, 1.165) is 161 Å². The van der Waals surface area contributed by atoms with Crippen LogP contribution in [-0.2, 0) is 65.4 Å². The first-order valence-electron chi connectivity index (χ1n) is 40.4. The first kappa shape index (κ1) is 99.2. The maximum Gasteiger partial charge on any atom is 0.472 e. The van der Waals surface area contributed by atoms with Crippen LogP contribution in [0, 0.1) is 0 Å². The molecule has 5 unspecified atom stereocenters. The van der Waals surface area contributed by atoms with Crippen molar-refractivity contribution in [3.8, 4) is 0 Å². The molecule has 104 heavy (non-hydrogen) atoms. The lowest BCUT2D eigenvalue weighted by Gasteiger charge is -2.21. The molecule has 0 bridgehead atoms. The Labute approximate surface area is 631 Å². The normalized spacial score (nSPS) is 14.6. The van der Waals surface area contributed by atoms with Gasteiger partial charge in [0.2, 0.25) is 0 Å². The first-order valence-corrected chi connectivity index (χ1v) is 43.4. The molecular formula is C85H144O17P2. The summed E-state index contributed by atoms with van der Waals surface area (Å²) in [5.41, 5.74) is 0. The molecule has 0 aromatic carbocycles. The molecule has 596 valence electrons. The largest absolute Gasteiger partial charge is 0.472 e. The fraction of sp³-hybridized carbons (Fsp3) is 0.694. The maximum atomic E-state index is 13.1. The highest BCUT2D eigenvalue weighted by molar-refractivity contribution is 7.47. The van der Waals surface area contributed by atoms with Crippen molar-refractivity contribution in [2.75, 3.05) is 39.6 Å². The highest BCUT2D eigenvalue weighted by Crippen LogP contribution is 2.45. The van der Waals surface area contributed by atoms with E-state index in [2.05, 4.69) is 143 Å². The van der Waals surface area contributed by atoms with Crippen LogP contribution in [0.5, 0.6) is 0 Å². The molecule has 19 heteroatoms. The molecule has 0 aromatic heterocycles. The number of hydrogen-bond acceptors (Lipinski definition) is 15. The van der Waals surface area contributed by atoms with Crippen LogP contribution in [0.25, 0.3) is 0 Å². The minimum Gasteiger partial charge on any atom is -0.462 e. The molecule has 5 atom stereocenters. The van der Waals surface area contributed by atoms with Gasteiger partial charge in [-0.05, 0) is 154 Å². The molecule has 0 spiro atoms. The summed E-state index contributed by atoms with van der Waals surface area (Å²) < 4.78 is 68.5. The van der Waals surface area contributed by atoms with E-state index >= 15 is 0 Å². The Bertz CT molecular complexity index is 2490. The van der Waals surface area contributed by atoms with Crippen LogP contribution in [0.1, 0.15) is 323 Å². The predicted octanol–water partition coefficient (Wildman–Crippen LogP) is 23.7. The molecule has 0 heterocycles. The van der Waals surface area contributed by atoms with Crippen LogP contribution in [0.15, 0.2) is 134 Å². The number of carbonyl (C=O) groups excluding carboxylic acids is 4. The van der Waals surface area contributed by atoms with Gasteiger partial charge in [0.15, 0.2) is 12.2 Å². The number of unbranched alkanes of at least 4 members (excludes halogenated alkanes) is 27. The summed E-state index contributed by atoms with van der Waals surface area (Å²) in [5, 5.41) is 10.6. The topological polar surface area (TPSA) is 237 Å². The monoisotopic (exact) mass is 1500 g/mol. The number of aliphatic hydroxyl groups is 1. The fourth-order valence-electron chi connectivity index (χ4n) is 10.4. The minimum atomic E-state index is -5.00. The van der Waals surface area contributed by atoms with Gasteiger partial charge in [-0.15, -0.1) is 0 Å². The Morgan fingerprint density at radius 2 is 0.519 bits per heavy atom. The van der Waals surface area contributed by atoms with Crippen molar-refractivity contribution in [1.29, 1.82) is 0 Å². The molecule has 0 aromatic rings. The average molecular weight is 1500 g/mol. The third-order valence-electron chi connectivity index (χ3n) is 16.6. The second kappa shape index (κ2) is 76.4. The van der Waals surface area contributed by atoms with Crippen molar-refractivity contribution >= 4 is 39.5 Å². The zero-order valence-corrected chi connectivity index (χ0v) is 66.9. The maximum absolute atomic E-state index is 13.1. The van der Waals surface area contributed by atoms with Crippen molar-refractivity contribution in [1.82, 2.24) is 0 Å².